The fourth-order valence-electron chi connectivity index (χ4n) is 2.21. The van der Waals surface area contributed by atoms with Crippen LogP contribution in [0.15, 0.2) is 46.0 Å². The number of carbonyl (C=O) groups is 1. The monoisotopic (exact) mass is 473 g/mol. The van der Waals surface area contributed by atoms with Crippen molar-refractivity contribution in [1.82, 2.24) is 10.6 Å². The summed E-state index contributed by atoms with van der Waals surface area (Å²) in [7, 11) is 2.86. The molecular formula is C18H24IN3O4. The lowest BCUT2D eigenvalue weighted by molar-refractivity contribution is 0.0597. The molecule has 0 saturated heterocycles. The predicted octanol–water partition coefficient (Wildman–Crippen LogP) is 2.95. The van der Waals surface area contributed by atoms with Crippen molar-refractivity contribution in [2.24, 2.45) is 4.99 Å². The van der Waals surface area contributed by atoms with Crippen LogP contribution in [0.25, 0.3) is 0 Å². The summed E-state index contributed by atoms with van der Waals surface area (Å²) < 4.78 is 15.3. The average Bonchev–Trinajstić information content (AvgIpc) is 3.16. The summed E-state index contributed by atoms with van der Waals surface area (Å²) in [4.78, 5) is 16.2. The SMILES string of the molecule is CCNC(=NCc1ccc(C(=O)OC)c(OC)c1)NCc1ccco1.I. The molecule has 0 bridgehead atoms. The lowest BCUT2D eigenvalue weighted by Gasteiger charge is -2.11. The van der Waals surface area contributed by atoms with Crippen molar-refractivity contribution in [3.05, 3.63) is 53.5 Å². The van der Waals surface area contributed by atoms with Gasteiger partial charge in [0.1, 0.15) is 17.1 Å². The van der Waals surface area contributed by atoms with Crippen LogP contribution in [-0.4, -0.2) is 32.7 Å². The largest absolute Gasteiger partial charge is 0.496 e. The number of rotatable bonds is 7. The molecule has 0 saturated carbocycles. The predicted molar refractivity (Wildman–Crippen MR) is 110 cm³/mol. The van der Waals surface area contributed by atoms with Gasteiger partial charge in [-0.3, -0.25) is 0 Å². The molecule has 0 aliphatic heterocycles. The van der Waals surface area contributed by atoms with E-state index in [9.17, 15) is 4.79 Å². The quantitative estimate of drug-likeness (QED) is 0.279. The molecule has 0 spiro atoms. The van der Waals surface area contributed by atoms with Gasteiger partial charge in [0.05, 0.1) is 33.6 Å². The first-order valence-electron chi connectivity index (χ1n) is 7.97. The highest BCUT2D eigenvalue weighted by Gasteiger charge is 2.13. The Morgan fingerprint density at radius 2 is 2.04 bits per heavy atom. The number of halogens is 1. The Morgan fingerprint density at radius 3 is 2.65 bits per heavy atom. The molecule has 1 aromatic carbocycles. The lowest BCUT2D eigenvalue weighted by atomic mass is 10.1. The molecular weight excluding hydrogens is 449 g/mol. The Balaban J connectivity index is 0.00000338. The minimum atomic E-state index is -0.430. The van der Waals surface area contributed by atoms with Gasteiger partial charge >= 0.3 is 5.97 Å². The number of hydrogen-bond donors (Lipinski definition) is 2. The van der Waals surface area contributed by atoms with E-state index in [0.717, 1.165) is 17.9 Å². The fraction of sp³-hybridized carbons (Fsp3) is 0.333. The number of furan rings is 1. The molecule has 1 aromatic heterocycles. The van der Waals surface area contributed by atoms with Crippen LogP contribution in [-0.2, 0) is 17.8 Å². The van der Waals surface area contributed by atoms with E-state index in [2.05, 4.69) is 15.6 Å². The first-order valence-corrected chi connectivity index (χ1v) is 7.97. The zero-order valence-corrected chi connectivity index (χ0v) is 17.4. The van der Waals surface area contributed by atoms with Gasteiger partial charge in [-0.2, -0.15) is 0 Å². The minimum Gasteiger partial charge on any atom is -0.496 e. The molecule has 0 fully saturated rings. The number of nitrogens with zero attached hydrogens (tertiary/aromatic N) is 1. The van der Waals surface area contributed by atoms with E-state index in [1.807, 2.05) is 25.1 Å². The molecule has 0 amide bonds. The number of guanidine groups is 1. The van der Waals surface area contributed by atoms with E-state index in [0.29, 0.717) is 30.4 Å². The summed E-state index contributed by atoms with van der Waals surface area (Å²) in [6.07, 6.45) is 1.64. The van der Waals surface area contributed by atoms with E-state index in [1.54, 1.807) is 18.4 Å². The molecule has 8 heteroatoms. The van der Waals surface area contributed by atoms with Crippen molar-refractivity contribution in [2.45, 2.75) is 20.0 Å². The number of benzene rings is 1. The second-order valence-corrected chi connectivity index (χ2v) is 5.15. The summed E-state index contributed by atoms with van der Waals surface area (Å²) >= 11 is 0. The molecule has 0 aliphatic carbocycles. The van der Waals surface area contributed by atoms with Gasteiger partial charge in [0.25, 0.3) is 0 Å². The van der Waals surface area contributed by atoms with Crippen LogP contribution >= 0.6 is 24.0 Å². The Hall–Kier alpha value is -2.23. The number of esters is 1. The van der Waals surface area contributed by atoms with Crippen molar-refractivity contribution in [3.63, 3.8) is 0 Å². The van der Waals surface area contributed by atoms with Crippen LogP contribution in [0.3, 0.4) is 0 Å². The summed E-state index contributed by atoms with van der Waals surface area (Å²) in [6, 6.07) is 9.03. The second-order valence-electron chi connectivity index (χ2n) is 5.15. The Labute approximate surface area is 170 Å². The van der Waals surface area contributed by atoms with E-state index in [4.69, 9.17) is 13.9 Å². The standard InChI is InChI=1S/C18H23N3O4.HI/c1-4-19-18(21-12-14-6-5-9-25-14)20-11-13-7-8-15(17(22)24-3)16(10-13)23-2;/h5-10H,4,11-12H2,1-3H3,(H2,19,20,21);1H. The van der Waals surface area contributed by atoms with Gasteiger partial charge in [-0.15, -0.1) is 24.0 Å². The summed E-state index contributed by atoms with van der Waals surface area (Å²) in [5, 5.41) is 6.37. The molecule has 7 nitrogen and oxygen atoms in total. The van der Waals surface area contributed by atoms with E-state index < -0.39 is 5.97 Å². The van der Waals surface area contributed by atoms with Crippen LogP contribution in [0, 0.1) is 0 Å². The van der Waals surface area contributed by atoms with Gasteiger partial charge in [0, 0.05) is 6.54 Å². The molecule has 26 heavy (non-hydrogen) atoms. The van der Waals surface area contributed by atoms with Gasteiger partial charge in [-0.25, -0.2) is 9.79 Å². The van der Waals surface area contributed by atoms with Gasteiger partial charge in [0.2, 0.25) is 0 Å². The van der Waals surface area contributed by atoms with Gasteiger partial charge in [0.15, 0.2) is 5.96 Å². The highest BCUT2D eigenvalue weighted by molar-refractivity contribution is 14.0. The Bertz CT molecular complexity index is 717. The molecule has 142 valence electrons. The van der Waals surface area contributed by atoms with Gasteiger partial charge in [-0.1, -0.05) is 6.07 Å². The number of aliphatic imine (C=N–C) groups is 1. The van der Waals surface area contributed by atoms with Crippen LogP contribution in [0.1, 0.15) is 28.6 Å². The smallest absolute Gasteiger partial charge is 0.341 e. The molecule has 1 heterocycles. The highest BCUT2D eigenvalue weighted by atomic mass is 127. The third-order valence-corrected chi connectivity index (χ3v) is 3.45. The third-order valence-electron chi connectivity index (χ3n) is 3.45. The van der Waals surface area contributed by atoms with Gasteiger partial charge < -0.3 is 24.5 Å². The van der Waals surface area contributed by atoms with Crippen molar-refractivity contribution < 1.29 is 18.7 Å². The number of methoxy groups -OCH3 is 2. The van der Waals surface area contributed by atoms with Crippen molar-refractivity contribution in [2.75, 3.05) is 20.8 Å². The van der Waals surface area contributed by atoms with Crippen molar-refractivity contribution in [3.8, 4) is 5.75 Å². The topological polar surface area (TPSA) is 85.1 Å². The molecule has 0 unspecified atom stereocenters. The zero-order valence-electron chi connectivity index (χ0n) is 15.1. The number of hydrogen-bond acceptors (Lipinski definition) is 5. The molecule has 0 atom stereocenters. The van der Waals surface area contributed by atoms with Crippen molar-refractivity contribution >= 4 is 35.9 Å². The van der Waals surface area contributed by atoms with Crippen LogP contribution in [0.2, 0.25) is 0 Å². The zero-order chi connectivity index (χ0) is 18.1. The van der Waals surface area contributed by atoms with Crippen LogP contribution < -0.4 is 15.4 Å². The lowest BCUT2D eigenvalue weighted by Crippen LogP contribution is -2.36. The molecule has 2 aromatic rings. The Morgan fingerprint density at radius 1 is 1.23 bits per heavy atom. The number of ether oxygens (including phenoxy) is 2. The van der Waals surface area contributed by atoms with E-state index >= 15 is 0 Å². The van der Waals surface area contributed by atoms with Crippen LogP contribution in [0.5, 0.6) is 5.75 Å². The maximum absolute atomic E-state index is 11.7. The Kier molecular flexibility index (Phi) is 9.56. The minimum absolute atomic E-state index is 0. The maximum Gasteiger partial charge on any atom is 0.341 e. The second kappa shape index (κ2) is 11.4. The first-order chi connectivity index (χ1) is 12.2. The number of nitrogens with one attached hydrogen (secondary N) is 2. The summed E-state index contributed by atoms with van der Waals surface area (Å²) in [5.74, 6) is 1.54. The molecule has 0 radical (unpaired) electrons. The van der Waals surface area contributed by atoms with Crippen molar-refractivity contribution in [1.29, 1.82) is 0 Å². The molecule has 2 rings (SSSR count). The molecule has 0 aliphatic rings. The third kappa shape index (κ3) is 6.25. The maximum atomic E-state index is 11.7. The highest BCUT2D eigenvalue weighted by Crippen LogP contribution is 2.21. The van der Waals surface area contributed by atoms with Gasteiger partial charge in [-0.05, 0) is 36.8 Å². The normalized spacial score (nSPS) is 10.7. The first kappa shape index (κ1) is 21.8. The van der Waals surface area contributed by atoms with E-state index in [1.165, 1.54) is 14.2 Å². The number of carbonyl (C=O) groups excluding carboxylic acids is 1. The summed E-state index contributed by atoms with van der Waals surface area (Å²) in [6.45, 7) is 3.72. The fourth-order valence-corrected chi connectivity index (χ4v) is 2.21. The molecule has 2 N–H and O–H groups in total. The van der Waals surface area contributed by atoms with E-state index in [-0.39, 0.29) is 24.0 Å². The summed E-state index contributed by atoms with van der Waals surface area (Å²) in [5.41, 5.74) is 1.31. The average molecular weight is 473 g/mol. The van der Waals surface area contributed by atoms with Crippen LogP contribution in [0.4, 0.5) is 0 Å².